The Morgan fingerprint density at radius 2 is 2.16 bits per heavy atom. The molecule has 0 aliphatic carbocycles. The zero-order valence-corrected chi connectivity index (χ0v) is 16.3. The largest absolute Gasteiger partial charge is 0.369 e. The van der Waals surface area contributed by atoms with E-state index in [4.69, 9.17) is 31.1 Å². The number of nitrogens with two attached hydrogens (primary N) is 1. The average Bonchev–Trinajstić information content (AvgIpc) is 3.16. The van der Waals surface area contributed by atoms with Crippen LogP contribution < -0.4 is 5.73 Å². The van der Waals surface area contributed by atoms with E-state index in [2.05, 4.69) is 15.0 Å². The van der Waals surface area contributed by atoms with Crippen molar-refractivity contribution in [3.63, 3.8) is 0 Å². The van der Waals surface area contributed by atoms with Crippen molar-refractivity contribution in [2.75, 3.05) is 25.6 Å². The Bertz CT molecular complexity index is 796. The number of imidazole rings is 1. The van der Waals surface area contributed by atoms with Crippen molar-refractivity contribution >= 4 is 48.1 Å². The van der Waals surface area contributed by atoms with E-state index in [1.54, 1.807) is 20.2 Å². The van der Waals surface area contributed by atoms with E-state index in [0.29, 0.717) is 37.5 Å². The molecule has 3 rings (SSSR count). The van der Waals surface area contributed by atoms with Crippen molar-refractivity contribution in [3.8, 4) is 0 Å². The highest BCUT2D eigenvalue weighted by molar-refractivity contribution is 8.06. The minimum Gasteiger partial charge on any atom is -0.368 e. The first kappa shape index (κ1) is 18.9. The van der Waals surface area contributed by atoms with Crippen LogP contribution in [-0.4, -0.2) is 49.8 Å². The Morgan fingerprint density at radius 3 is 2.84 bits per heavy atom. The molecule has 1 fully saturated rings. The highest BCUT2D eigenvalue weighted by Crippen LogP contribution is 2.60. The molecule has 12 heteroatoms. The zero-order valence-electron chi connectivity index (χ0n) is 13.8. The van der Waals surface area contributed by atoms with Crippen LogP contribution in [-0.2, 0) is 24.9 Å². The summed E-state index contributed by atoms with van der Waals surface area (Å²) in [4.78, 5) is 12.3. The summed E-state index contributed by atoms with van der Waals surface area (Å²) < 4.78 is 31.0. The van der Waals surface area contributed by atoms with Crippen LogP contribution in [0.1, 0.15) is 13.8 Å². The maximum atomic E-state index is 12.8. The Morgan fingerprint density at radius 1 is 1.44 bits per heavy atom. The van der Waals surface area contributed by atoms with E-state index >= 15 is 0 Å². The number of anilines is 1. The first-order valence-corrected chi connectivity index (χ1v) is 10.7. The van der Waals surface area contributed by atoms with Crippen molar-refractivity contribution in [2.45, 2.75) is 30.8 Å². The van der Waals surface area contributed by atoms with Gasteiger partial charge in [-0.05, 0) is 13.8 Å². The van der Waals surface area contributed by atoms with Gasteiger partial charge in [0.1, 0.15) is 5.52 Å². The summed E-state index contributed by atoms with van der Waals surface area (Å²) in [5.74, 6) is 0.0876. The second-order valence-electron chi connectivity index (χ2n) is 5.22. The minimum absolute atomic E-state index is 0.0339. The van der Waals surface area contributed by atoms with Gasteiger partial charge >= 0.3 is 7.60 Å². The smallest absolute Gasteiger partial charge is 0.368 e. The number of halogens is 1. The summed E-state index contributed by atoms with van der Waals surface area (Å²) in [7, 11) is -3.31. The topological polar surface area (TPSA) is 114 Å². The van der Waals surface area contributed by atoms with Gasteiger partial charge in [0.25, 0.3) is 0 Å². The van der Waals surface area contributed by atoms with E-state index in [-0.39, 0.29) is 16.4 Å². The first-order chi connectivity index (χ1) is 12.0. The fourth-order valence-electron chi connectivity index (χ4n) is 2.49. The number of nitrogens with zero attached hydrogens (tertiary/aromatic N) is 4. The van der Waals surface area contributed by atoms with Crippen LogP contribution in [0.4, 0.5) is 5.95 Å². The molecular weight excluding hydrogens is 389 g/mol. The number of thioether (sulfide) groups is 1. The van der Waals surface area contributed by atoms with Crippen molar-refractivity contribution in [2.24, 2.45) is 0 Å². The third kappa shape index (κ3) is 3.94. The van der Waals surface area contributed by atoms with Crippen molar-refractivity contribution in [1.82, 2.24) is 19.5 Å². The number of hydrogen-bond donors (Lipinski definition) is 1. The SMILES string of the molecule is CCOP(=O)(OCC)[C@H]1OC[C@@H](Cn2cnc3c(Cl)nc(N)nc32)S1. The van der Waals surface area contributed by atoms with E-state index in [0.717, 1.165) is 0 Å². The van der Waals surface area contributed by atoms with Gasteiger partial charge in [0, 0.05) is 11.8 Å². The van der Waals surface area contributed by atoms with Gasteiger partial charge in [-0.15, -0.1) is 11.8 Å². The lowest BCUT2D eigenvalue weighted by Crippen LogP contribution is -2.13. The second-order valence-corrected chi connectivity index (χ2v) is 9.36. The average molecular weight is 408 g/mol. The normalized spacial score (nSPS) is 21.2. The molecule has 25 heavy (non-hydrogen) atoms. The predicted molar refractivity (Wildman–Crippen MR) is 96.7 cm³/mol. The third-order valence-corrected chi connectivity index (χ3v) is 7.79. The molecule has 138 valence electrons. The van der Waals surface area contributed by atoms with Crippen LogP contribution in [0, 0.1) is 0 Å². The number of rotatable bonds is 7. The van der Waals surface area contributed by atoms with Crippen LogP contribution in [0.2, 0.25) is 5.15 Å². The van der Waals surface area contributed by atoms with Crippen molar-refractivity contribution < 1.29 is 18.3 Å². The molecule has 0 amide bonds. The lowest BCUT2D eigenvalue weighted by molar-refractivity contribution is 0.128. The maximum absolute atomic E-state index is 12.8. The van der Waals surface area contributed by atoms with Crippen molar-refractivity contribution in [3.05, 3.63) is 11.5 Å². The van der Waals surface area contributed by atoms with Crippen LogP contribution in [0.5, 0.6) is 0 Å². The van der Waals surface area contributed by atoms with E-state index in [1.165, 1.54) is 11.8 Å². The molecule has 3 heterocycles. The number of ether oxygens (including phenoxy) is 1. The Hall–Kier alpha value is -0.900. The van der Waals surface area contributed by atoms with E-state index in [1.807, 2.05) is 4.57 Å². The Kier molecular flexibility index (Phi) is 5.87. The molecule has 0 radical (unpaired) electrons. The van der Waals surface area contributed by atoms with Gasteiger partial charge in [-0.2, -0.15) is 9.97 Å². The maximum Gasteiger partial charge on any atom is 0.369 e. The van der Waals surface area contributed by atoms with Crippen LogP contribution in [0.25, 0.3) is 11.2 Å². The number of aromatic nitrogens is 4. The quantitative estimate of drug-likeness (QED) is 0.546. The third-order valence-electron chi connectivity index (χ3n) is 3.45. The predicted octanol–water partition coefficient (Wildman–Crippen LogP) is 2.74. The molecule has 1 aliphatic rings. The number of fused-ring (bicyclic) bond motifs is 1. The molecular formula is C13H19ClN5O4PS. The van der Waals surface area contributed by atoms with Gasteiger partial charge in [-0.25, -0.2) is 4.98 Å². The molecule has 0 aromatic carbocycles. The summed E-state index contributed by atoms with van der Waals surface area (Å²) in [6.45, 7) is 5.09. The summed E-state index contributed by atoms with van der Waals surface area (Å²) in [5.41, 5.74) is 6.71. The molecule has 2 aromatic heterocycles. The van der Waals surface area contributed by atoms with Gasteiger partial charge in [-0.3, -0.25) is 4.57 Å². The molecule has 2 atom stereocenters. The standard InChI is InChI=1S/C13H19ClN5O4PS/c1-3-22-24(20,23-4-2)13-21-6-8(25-13)5-19-7-16-9-10(14)17-12(15)18-11(9)19/h7-8,13H,3-6H2,1-2H3,(H2,15,17,18)/t8-,13-/m1/s1. The molecule has 0 saturated carbocycles. The highest BCUT2D eigenvalue weighted by Gasteiger charge is 2.43. The molecule has 1 saturated heterocycles. The lowest BCUT2D eigenvalue weighted by atomic mass is 10.4. The summed E-state index contributed by atoms with van der Waals surface area (Å²) in [6.07, 6.45) is 1.63. The molecule has 1 aliphatic heterocycles. The number of nitrogen functional groups attached to an aromatic ring is 1. The molecule has 0 bridgehead atoms. The summed E-state index contributed by atoms with van der Waals surface area (Å²) >= 11 is 7.46. The fraction of sp³-hybridized carbons (Fsp3) is 0.615. The lowest BCUT2D eigenvalue weighted by Gasteiger charge is -2.21. The zero-order chi connectivity index (χ0) is 18.0. The summed E-state index contributed by atoms with van der Waals surface area (Å²) in [5, 5.41) is -0.395. The van der Waals surface area contributed by atoms with Crippen molar-refractivity contribution in [1.29, 1.82) is 0 Å². The van der Waals surface area contributed by atoms with E-state index in [9.17, 15) is 4.57 Å². The second kappa shape index (κ2) is 7.77. The van der Waals surface area contributed by atoms with Gasteiger partial charge in [-0.1, -0.05) is 11.6 Å². The minimum atomic E-state index is -3.31. The molecule has 2 N–H and O–H groups in total. The van der Waals surface area contributed by atoms with Gasteiger partial charge in [0.05, 0.1) is 26.1 Å². The van der Waals surface area contributed by atoms with E-state index < -0.39 is 12.8 Å². The van der Waals surface area contributed by atoms with Crippen LogP contribution in [0.15, 0.2) is 6.33 Å². The summed E-state index contributed by atoms with van der Waals surface area (Å²) in [6, 6.07) is 0. The molecule has 0 unspecified atom stereocenters. The molecule has 0 spiro atoms. The molecule has 2 aromatic rings. The van der Waals surface area contributed by atoms with Crippen LogP contribution >= 0.6 is 31.0 Å². The van der Waals surface area contributed by atoms with Gasteiger partial charge in [0.15, 0.2) is 10.8 Å². The fourth-order valence-corrected chi connectivity index (χ4v) is 6.39. The molecule has 9 nitrogen and oxygen atoms in total. The van der Waals surface area contributed by atoms with Gasteiger partial charge in [0.2, 0.25) is 11.1 Å². The van der Waals surface area contributed by atoms with Crippen LogP contribution in [0.3, 0.4) is 0 Å². The Labute approximate surface area is 154 Å². The highest BCUT2D eigenvalue weighted by atomic mass is 35.5. The number of hydrogen-bond acceptors (Lipinski definition) is 9. The van der Waals surface area contributed by atoms with Gasteiger partial charge < -0.3 is 24.1 Å². The monoisotopic (exact) mass is 407 g/mol. The Balaban J connectivity index is 1.74. The first-order valence-electron chi connectivity index (χ1n) is 7.76.